The number of esters is 1. The molecular formula is C33H27N3O5. The third-order valence-electron chi connectivity index (χ3n) is 6.57. The smallest absolute Gasteiger partial charge is 0.338 e. The molecule has 1 aliphatic rings. The zero-order valence-electron chi connectivity index (χ0n) is 22.5. The molecule has 204 valence electrons. The highest BCUT2D eigenvalue weighted by molar-refractivity contribution is 6.41. The van der Waals surface area contributed by atoms with Gasteiger partial charge < -0.3 is 15.4 Å². The van der Waals surface area contributed by atoms with Crippen LogP contribution in [0.3, 0.4) is 0 Å². The van der Waals surface area contributed by atoms with Crippen LogP contribution in [-0.4, -0.2) is 30.3 Å². The summed E-state index contributed by atoms with van der Waals surface area (Å²) in [5.74, 6) is -1.84. The molecule has 5 rings (SSSR count). The molecule has 0 spiro atoms. The van der Waals surface area contributed by atoms with Crippen molar-refractivity contribution in [2.45, 2.75) is 13.8 Å². The van der Waals surface area contributed by atoms with E-state index in [1.165, 1.54) is 30.5 Å². The number of ether oxygens (including phenoxy) is 1. The molecule has 1 aliphatic heterocycles. The predicted molar refractivity (Wildman–Crippen MR) is 158 cm³/mol. The Morgan fingerprint density at radius 2 is 1.46 bits per heavy atom. The molecule has 8 nitrogen and oxygen atoms in total. The van der Waals surface area contributed by atoms with E-state index >= 15 is 0 Å². The molecule has 41 heavy (non-hydrogen) atoms. The summed E-state index contributed by atoms with van der Waals surface area (Å²) in [4.78, 5) is 53.4. The highest BCUT2D eigenvalue weighted by atomic mass is 16.5. The topological polar surface area (TPSA) is 105 Å². The molecule has 0 saturated heterocycles. The van der Waals surface area contributed by atoms with Gasteiger partial charge in [0.2, 0.25) is 0 Å². The fraction of sp³-hybridized carbons (Fsp3) is 0.0909. The third-order valence-corrected chi connectivity index (χ3v) is 6.57. The quantitative estimate of drug-likeness (QED) is 0.166. The number of nitrogens with one attached hydrogen (secondary N) is 2. The zero-order valence-corrected chi connectivity index (χ0v) is 22.5. The van der Waals surface area contributed by atoms with Gasteiger partial charge in [0.25, 0.3) is 17.7 Å². The molecule has 0 bridgehead atoms. The molecule has 8 heteroatoms. The summed E-state index contributed by atoms with van der Waals surface area (Å²) in [6.07, 6.45) is 1.51. The molecule has 0 aromatic heterocycles. The maximum Gasteiger partial charge on any atom is 0.338 e. The van der Waals surface area contributed by atoms with Crippen LogP contribution in [0, 0.1) is 6.92 Å². The second kappa shape index (κ2) is 11.7. The van der Waals surface area contributed by atoms with Gasteiger partial charge in [-0.15, -0.1) is 0 Å². The number of rotatable bonds is 7. The van der Waals surface area contributed by atoms with Gasteiger partial charge in [0.1, 0.15) is 0 Å². The summed E-state index contributed by atoms with van der Waals surface area (Å²) in [7, 11) is 0. The van der Waals surface area contributed by atoms with Crippen LogP contribution in [0.4, 0.5) is 17.1 Å². The average molecular weight is 546 g/mol. The lowest BCUT2D eigenvalue weighted by Gasteiger charge is -2.28. The van der Waals surface area contributed by atoms with Crippen LogP contribution in [0.15, 0.2) is 103 Å². The lowest BCUT2D eigenvalue weighted by atomic mass is 9.93. The fourth-order valence-corrected chi connectivity index (χ4v) is 4.48. The first-order valence-electron chi connectivity index (χ1n) is 13.1. The second-order valence-corrected chi connectivity index (χ2v) is 9.33. The van der Waals surface area contributed by atoms with Crippen molar-refractivity contribution in [1.29, 1.82) is 0 Å². The summed E-state index contributed by atoms with van der Waals surface area (Å²) in [6, 6.07) is 27.4. The largest absolute Gasteiger partial charge is 0.462 e. The van der Waals surface area contributed by atoms with E-state index in [4.69, 9.17) is 4.74 Å². The van der Waals surface area contributed by atoms with Crippen LogP contribution in [0.2, 0.25) is 0 Å². The van der Waals surface area contributed by atoms with Gasteiger partial charge in [-0.1, -0.05) is 48.0 Å². The van der Waals surface area contributed by atoms with Crippen LogP contribution in [0.25, 0.3) is 5.57 Å². The summed E-state index contributed by atoms with van der Waals surface area (Å²) >= 11 is 0. The van der Waals surface area contributed by atoms with Crippen LogP contribution >= 0.6 is 0 Å². The number of carbonyl (C=O) groups is 4. The normalized spacial score (nSPS) is 13.5. The van der Waals surface area contributed by atoms with Crippen molar-refractivity contribution in [3.63, 3.8) is 0 Å². The maximum atomic E-state index is 13.8. The first kappa shape index (κ1) is 27.1. The number of nitrogens with zero attached hydrogens (tertiary/aromatic N) is 1. The van der Waals surface area contributed by atoms with Crippen molar-refractivity contribution >= 4 is 46.3 Å². The highest BCUT2D eigenvalue weighted by Crippen LogP contribution is 2.32. The van der Waals surface area contributed by atoms with Gasteiger partial charge in [-0.3, -0.25) is 14.4 Å². The molecule has 1 heterocycles. The second-order valence-electron chi connectivity index (χ2n) is 9.33. The number of amides is 3. The maximum absolute atomic E-state index is 13.8. The van der Waals surface area contributed by atoms with Crippen molar-refractivity contribution < 1.29 is 23.9 Å². The van der Waals surface area contributed by atoms with Gasteiger partial charge in [-0.05, 0) is 68.4 Å². The van der Waals surface area contributed by atoms with Gasteiger partial charge in [-0.25, -0.2) is 9.69 Å². The van der Waals surface area contributed by atoms with Crippen molar-refractivity contribution in [2.75, 3.05) is 22.1 Å². The average Bonchev–Trinajstić information content (AvgIpc) is 2.99. The number of benzene rings is 4. The Morgan fingerprint density at radius 1 is 0.805 bits per heavy atom. The van der Waals surface area contributed by atoms with Gasteiger partial charge in [0, 0.05) is 23.0 Å². The summed E-state index contributed by atoms with van der Waals surface area (Å²) in [6.45, 7) is 3.92. The summed E-state index contributed by atoms with van der Waals surface area (Å²) in [5.41, 5.74) is 4.28. The number of fused-ring (bicyclic) bond motifs is 1. The summed E-state index contributed by atoms with van der Waals surface area (Å²) in [5, 5.41) is 6.00. The van der Waals surface area contributed by atoms with Crippen LogP contribution in [-0.2, 0) is 9.53 Å². The van der Waals surface area contributed by atoms with Gasteiger partial charge in [0.15, 0.2) is 0 Å². The molecule has 4 aromatic carbocycles. The standard InChI is InChI=1S/C33H27N3O5/c1-3-41-33(40)22-14-18-24(19-15-22)36-31(38)26-9-5-4-8-25(26)28(32(36)39)20-34-29-11-7-6-10-27(29)30(37)35-23-16-12-21(2)13-17-23/h4-20,34H,3H2,1-2H3,(H,35,37)/b28-20-. The van der Waals surface area contributed by atoms with Crippen LogP contribution < -0.4 is 15.5 Å². The van der Waals surface area contributed by atoms with Crippen molar-refractivity contribution in [1.82, 2.24) is 0 Å². The highest BCUT2D eigenvalue weighted by Gasteiger charge is 2.36. The number of hydrogen-bond donors (Lipinski definition) is 2. The third kappa shape index (κ3) is 5.62. The predicted octanol–water partition coefficient (Wildman–Crippen LogP) is 6.06. The van der Waals surface area contributed by atoms with Crippen LogP contribution in [0.5, 0.6) is 0 Å². The number of carbonyl (C=O) groups excluding carboxylic acids is 4. The molecule has 0 unspecified atom stereocenters. The van der Waals surface area contributed by atoms with E-state index in [9.17, 15) is 19.2 Å². The molecule has 0 radical (unpaired) electrons. The van der Waals surface area contributed by atoms with E-state index < -0.39 is 17.8 Å². The number of para-hydroxylation sites is 1. The molecule has 0 saturated carbocycles. The number of imide groups is 1. The van der Waals surface area contributed by atoms with Crippen molar-refractivity contribution in [3.8, 4) is 0 Å². The van der Waals surface area contributed by atoms with E-state index in [0.29, 0.717) is 39.3 Å². The zero-order chi connectivity index (χ0) is 28.9. The van der Waals surface area contributed by atoms with Crippen LogP contribution in [0.1, 0.15) is 49.1 Å². The Morgan fingerprint density at radius 3 is 2.17 bits per heavy atom. The number of aryl methyl sites for hydroxylation is 1. The molecule has 0 fully saturated rings. The van der Waals surface area contributed by atoms with Crippen molar-refractivity contribution in [2.24, 2.45) is 0 Å². The lowest BCUT2D eigenvalue weighted by molar-refractivity contribution is -0.112. The minimum Gasteiger partial charge on any atom is -0.462 e. The van der Waals surface area contributed by atoms with E-state index in [-0.39, 0.29) is 18.1 Å². The molecule has 4 aromatic rings. The minimum atomic E-state index is -0.549. The molecule has 0 aliphatic carbocycles. The monoisotopic (exact) mass is 545 g/mol. The Hall–Kier alpha value is -5.50. The molecule has 2 N–H and O–H groups in total. The Kier molecular flexibility index (Phi) is 7.74. The van der Waals surface area contributed by atoms with Gasteiger partial charge in [0.05, 0.1) is 34.7 Å². The fourth-order valence-electron chi connectivity index (χ4n) is 4.48. The van der Waals surface area contributed by atoms with Crippen molar-refractivity contribution in [3.05, 3.63) is 131 Å². The Bertz CT molecular complexity index is 1670. The summed E-state index contributed by atoms with van der Waals surface area (Å²) < 4.78 is 5.03. The number of hydrogen-bond acceptors (Lipinski definition) is 6. The SMILES string of the molecule is CCOC(=O)c1ccc(N2C(=O)/C(=C\Nc3ccccc3C(=O)Nc3ccc(C)cc3)c3ccccc3C2=O)cc1. The molecule has 0 atom stereocenters. The first-order chi connectivity index (χ1) is 19.9. The number of anilines is 3. The Balaban J connectivity index is 1.46. The lowest BCUT2D eigenvalue weighted by Crippen LogP contribution is -2.42. The van der Waals surface area contributed by atoms with E-state index in [2.05, 4.69) is 10.6 Å². The van der Waals surface area contributed by atoms with Gasteiger partial charge >= 0.3 is 5.97 Å². The Labute approximate surface area is 237 Å². The van der Waals surface area contributed by atoms with E-state index in [0.717, 1.165) is 10.5 Å². The minimum absolute atomic E-state index is 0.234. The first-order valence-corrected chi connectivity index (χ1v) is 13.1. The van der Waals surface area contributed by atoms with E-state index in [1.54, 1.807) is 55.5 Å². The van der Waals surface area contributed by atoms with Gasteiger partial charge in [-0.2, -0.15) is 0 Å². The molecular weight excluding hydrogens is 518 g/mol. The van der Waals surface area contributed by atoms with E-state index in [1.807, 2.05) is 31.2 Å². The molecule has 3 amide bonds.